The van der Waals surface area contributed by atoms with E-state index in [4.69, 9.17) is 21.1 Å². The van der Waals surface area contributed by atoms with Crippen molar-refractivity contribution in [1.29, 1.82) is 0 Å². The van der Waals surface area contributed by atoms with Crippen LogP contribution < -0.4 is 9.47 Å². The number of hydrogen-bond donors (Lipinski definition) is 0. The summed E-state index contributed by atoms with van der Waals surface area (Å²) in [6, 6.07) is 11.0. The largest absolute Gasteiger partial charge is 0.454 e. The minimum absolute atomic E-state index is 0.137. The third-order valence-corrected chi connectivity index (χ3v) is 6.69. The number of rotatable bonds is 3. The summed E-state index contributed by atoms with van der Waals surface area (Å²) >= 11 is 5.80. The Morgan fingerprint density at radius 3 is 2.44 bits per heavy atom. The normalized spacial score (nSPS) is 16.6. The Kier molecular flexibility index (Phi) is 3.85. The number of halogens is 1. The molecule has 0 spiro atoms. The van der Waals surface area contributed by atoms with E-state index in [1.807, 2.05) is 0 Å². The first-order chi connectivity index (χ1) is 11.9. The van der Waals surface area contributed by atoms with E-state index in [9.17, 15) is 13.2 Å². The molecule has 0 N–H and O–H groups in total. The monoisotopic (exact) mass is 379 g/mol. The molecule has 8 heteroatoms. The van der Waals surface area contributed by atoms with Crippen LogP contribution >= 0.6 is 11.6 Å². The third-order valence-electron chi connectivity index (χ3n) is 4.34. The molecule has 4 rings (SSSR count). The van der Waals surface area contributed by atoms with Crippen LogP contribution in [0, 0.1) is 0 Å². The molecule has 0 radical (unpaired) electrons. The summed E-state index contributed by atoms with van der Waals surface area (Å²) in [6.45, 7) is 0.467. The van der Waals surface area contributed by atoms with Crippen molar-refractivity contribution in [2.75, 3.05) is 19.9 Å². The molecular weight excluding hydrogens is 366 g/mol. The molecule has 25 heavy (non-hydrogen) atoms. The van der Waals surface area contributed by atoms with E-state index >= 15 is 0 Å². The average Bonchev–Trinajstić information content (AvgIpc) is 3.01. The lowest BCUT2D eigenvalue weighted by Gasteiger charge is -2.38. The summed E-state index contributed by atoms with van der Waals surface area (Å²) in [5, 5.41) is -0.126. The van der Waals surface area contributed by atoms with E-state index in [2.05, 4.69) is 0 Å². The highest BCUT2D eigenvalue weighted by atomic mass is 35.5. The van der Waals surface area contributed by atoms with Crippen LogP contribution in [-0.4, -0.2) is 44.4 Å². The summed E-state index contributed by atoms with van der Waals surface area (Å²) in [6.07, 6.45) is 0. The number of fused-ring (bicyclic) bond motifs is 1. The zero-order valence-electron chi connectivity index (χ0n) is 13.0. The maximum atomic E-state index is 12.6. The Hall–Kier alpha value is -2.25. The van der Waals surface area contributed by atoms with Crippen LogP contribution in [0.2, 0.25) is 5.02 Å². The summed E-state index contributed by atoms with van der Waals surface area (Å²) in [4.78, 5) is 14.2. The van der Waals surface area contributed by atoms with Crippen LogP contribution in [0.15, 0.2) is 47.4 Å². The minimum atomic E-state index is -3.47. The van der Waals surface area contributed by atoms with Gasteiger partial charge in [-0.05, 0) is 42.5 Å². The van der Waals surface area contributed by atoms with Crippen molar-refractivity contribution in [3.63, 3.8) is 0 Å². The molecule has 6 nitrogen and oxygen atoms in total. The number of likely N-dealkylation sites (tertiary alicyclic amines) is 1. The Morgan fingerprint density at radius 2 is 1.72 bits per heavy atom. The molecule has 1 amide bonds. The number of amides is 1. The summed E-state index contributed by atoms with van der Waals surface area (Å²) in [7, 11) is -3.47. The molecule has 2 heterocycles. The molecule has 0 unspecified atom stereocenters. The lowest BCUT2D eigenvalue weighted by molar-refractivity contribution is 0.0658. The van der Waals surface area contributed by atoms with E-state index in [1.54, 1.807) is 30.3 Å². The third kappa shape index (κ3) is 2.83. The molecule has 1 saturated heterocycles. The number of benzene rings is 2. The molecule has 1 fully saturated rings. The maximum Gasteiger partial charge on any atom is 0.254 e. The van der Waals surface area contributed by atoms with Crippen molar-refractivity contribution in [1.82, 2.24) is 4.90 Å². The quantitative estimate of drug-likeness (QED) is 0.818. The molecule has 2 aromatic carbocycles. The summed E-state index contributed by atoms with van der Waals surface area (Å²) < 4.78 is 35.6. The fourth-order valence-electron chi connectivity index (χ4n) is 2.83. The van der Waals surface area contributed by atoms with E-state index < -0.39 is 15.1 Å². The molecule has 0 bridgehead atoms. The van der Waals surface area contributed by atoms with Gasteiger partial charge in [-0.25, -0.2) is 8.42 Å². The molecular formula is C17H14ClNO5S. The number of nitrogens with zero attached hydrogens (tertiary/aromatic N) is 1. The molecule has 130 valence electrons. The highest BCUT2D eigenvalue weighted by Crippen LogP contribution is 2.33. The Labute approximate surface area is 149 Å². The van der Waals surface area contributed by atoms with E-state index in [0.717, 1.165) is 0 Å². The van der Waals surface area contributed by atoms with Crippen LogP contribution in [0.5, 0.6) is 11.5 Å². The van der Waals surface area contributed by atoms with E-state index in [0.29, 0.717) is 22.1 Å². The minimum Gasteiger partial charge on any atom is -0.454 e. The summed E-state index contributed by atoms with van der Waals surface area (Å²) in [5.41, 5.74) is 0.451. The maximum absolute atomic E-state index is 12.6. The van der Waals surface area contributed by atoms with Crippen LogP contribution in [0.1, 0.15) is 10.4 Å². The van der Waals surface area contributed by atoms with Crippen molar-refractivity contribution in [2.45, 2.75) is 10.1 Å². The second-order valence-electron chi connectivity index (χ2n) is 5.90. The van der Waals surface area contributed by atoms with Crippen LogP contribution in [0.25, 0.3) is 0 Å². The van der Waals surface area contributed by atoms with Gasteiger partial charge in [-0.1, -0.05) is 11.6 Å². The van der Waals surface area contributed by atoms with Crippen molar-refractivity contribution >= 4 is 27.3 Å². The van der Waals surface area contributed by atoms with Gasteiger partial charge in [-0.15, -0.1) is 0 Å². The predicted octanol–water partition coefficient (Wildman–Crippen LogP) is 2.37. The highest BCUT2D eigenvalue weighted by molar-refractivity contribution is 7.92. The molecule has 0 saturated carbocycles. The second-order valence-corrected chi connectivity index (χ2v) is 8.56. The van der Waals surface area contributed by atoms with Crippen molar-refractivity contribution in [3.8, 4) is 11.5 Å². The SMILES string of the molecule is O=C(c1ccc2c(c1)OCO2)N1CC(S(=O)(=O)c2ccc(Cl)cc2)C1. The molecule has 2 aliphatic heterocycles. The highest BCUT2D eigenvalue weighted by Gasteiger charge is 2.40. The molecule has 2 aliphatic rings. The number of carbonyl (C=O) groups is 1. The second kappa shape index (κ2) is 5.93. The van der Waals surface area contributed by atoms with Crippen molar-refractivity contribution in [2.24, 2.45) is 0 Å². The standard InChI is InChI=1S/C17H14ClNO5S/c18-12-2-4-13(5-3-12)25(21,22)14-8-19(9-14)17(20)11-1-6-15-16(7-11)24-10-23-15/h1-7,14H,8-10H2. The van der Waals surface area contributed by atoms with Gasteiger partial charge < -0.3 is 14.4 Å². The van der Waals surface area contributed by atoms with Crippen molar-refractivity contribution < 1.29 is 22.7 Å². The van der Waals surface area contributed by atoms with Crippen molar-refractivity contribution in [3.05, 3.63) is 53.1 Å². The van der Waals surface area contributed by atoms with E-state index in [-0.39, 0.29) is 30.7 Å². The van der Waals surface area contributed by atoms with Gasteiger partial charge in [0.05, 0.1) is 4.90 Å². The number of carbonyl (C=O) groups excluding carboxylic acids is 1. The van der Waals surface area contributed by atoms with Gasteiger partial charge in [-0.3, -0.25) is 4.79 Å². The molecule has 0 aliphatic carbocycles. The fraction of sp³-hybridized carbons (Fsp3) is 0.235. The Balaban J connectivity index is 1.46. The number of sulfone groups is 1. The van der Waals surface area contributed by atoms with Crippen LogP contribution in [0.4, 0.5) is 0 Å². The first-order valence-corrected chi connectivity index (χ1v) is 9.56. The van der Waals surface area contributed by atoms with Crippen LogP contribution in [-0.2, 0) is 9.84 Å². The van der Waals surface area contributed by atoms with Gasteiger partial charge in [0.2, 0.25) is 6.79 Å². The van der Waals surface area contributed by atoms with Gasteiger partial charge in [0.25, 0.3) is 5.91 Å². The molecule has 0 aromatic heterocycles. The van der Waals surface area contributed by atoms with Crippen LogP contribution in [0.3, 0.4) is 0 Å². The van der Waals surface area contributed by atoms with E-state index in [1.165, 1.54) is 17.0 Å². The zero-order chi connectivity index (χ0) is 17.6. The zero-order valence-corrected chi connectivity index (χ0v) is 14.6. The van der Waals surface area contributed by atoms with Gasteiger partial charge in [-0.2, -0.15) is 0 Å². The first-order valence-electron chi connectivity index (χ1n) is 7.63. The lowest BCUT2D eigenvalue weighted by atomic mass is 10.1. The average molecular weight is 380 g/mol. The van der Waals surface area contributed by atoms with Gasteiger partial charge in [0, 0.05) is 23.7 Å². The first kappa shape index (κ1) is 16.2. The van der Waals surface area contributed by atoms with Gasteiger partial charge in [0.1, 0.15) is 5.25 Å². The Bertz CT molecular complexity index is 936. The number of ether oxygens (including phenoxy) is 2. The van der Waals surface area contributed by atoms with Gasteiger partial charge in [0.15, 0.2) is 21.3 Å². The summed E-state index contributed by atoms with van der Waals surface area (Å²) in [5.74, 6) is 0.904. The topological polar surface area (TPSA) is 72.9 Å². The lowest BCUT2D eigenvalue weighted by Crippen LogP contribution is -2.56. The molecule has 0 atom stereocenters. The smallest absolute Gasteiger partial charge is 0.254 e. The fourth-order valence-corrected chi connectivity index (χ4v) is 4.61. The predicted molar refractivity (Wildman–Crippen MR) is 90.9 cm³/mol. The van der Waals surface area contributed by atoms with Gasteiger partial charge >= 0.3 is 0 Å². The molecule has 2 aromatic rings. The number of hydrogen-bond acceptors (Lipinski definition) is 5. The Morgan fingerprint density at radius 1 is 1.04 bits per heavy atom.